The zero-order chi connectivity index (χ0) is 12.6. The largest absolute Gasteiger partial charge is 0.394 e. The normalized spacial score (nSPS) is 32.9. The number of nitrogens with one attached hydrogen (secondary N) is 1. The van der Waals surface area contributed by atoms with E-state index in [2.05, 4.69) is 4.98 Å². The number of halogens is 1. The predicted octanol–water partition coefficient (Wildman–Crippen LogP) is -0.505. The first-order valence-corrected chi connectivity index (χ1v) is 5.35. The van der Waals surface area contributed by atoms with Crippen molar-refractivity contribution in [2.75, 3.05) is 6.61 Å². The van der Waals surface area contributed by atoms with Crippen molar-refractivity contribution in [3.8, 4) is 0 Å². The summed E-state index contributed by atoms with van der Waals surface area (Å²) in [4.78, 5) is 13.9. The van der Waals surface area contributed by atoms with E-state index in [1.54, 1.807) is 0 Å². The van der Waals surface area contributed by atoms with Crippen molar-refractivity contribution in [2.45, 2.75) is 24.6 Å². The number of H-pyrrole nitrogens is 1. The molecule has 1 aliphatic heterocycles. The number of nitrogens with zero attached hydrogens (tertiary/aromatic N) is 1. The molecule has 0 unspecified atom stereocenters. The molecule has 2 heterocycles. The molecule has 3 N–H and O–H groups in total. The Hall–Kier alpha value is -1.09. The molecule has 4 atom stereocenters. The average Bonchev–Trinajstić information content (AvgIpc) is 2.57. The summed E-state index contributed by atoms with van der Waals surface area (Å²) in [5.74, 6) is 0. The van der Waals surface area contributed by atoms with E-state index in [1.165, 1.54) is 12.3 Å². The molecule has 94 valence electrons. The summed E-state index contributed by atoms with van der Waals surface area (Å²) in [5.41, 5.74) is -0.604. The van der Waals surface area contributed by atoms with Crippen molar-refractivity contribution in [2.24, 2.45) is 0 Å². The molecule has 8 heteroatoms. The Balaban J connectivity index is 2.35. The maximum atomic E-state index is 13.4. The summed E-state index contributed by atoms with van der Waals surface area (Å²) in [6.07, 6.45) is -4.23. The summed E-state index contributed by atoms with van der Waals surface area (Å²) < 4.78 is 19.8. The minimum absolute atomic E-state index is 0.231. The monoisotopic (exact) mass is 262 g/mol. The second-order valence-electron chi connectivity index (χ2n) is 3.70. The van der Waals surface area contributed by atoms with Crippen molar-refractivity contribution in [1.82, 2.24) is 9.55 Å². The molecule has 0 aromatic carbocycles. The van der Waals surface area contributed by atoms with Gasteiger partial charge in [-0.2, -0.15) is 0 Å². The molecule has 0 bridgehead atoms. The van der Waals surface area contributed by atoms with E-state index in [4.69, 9.17) is 22.1 Å². The standard InChI is InChI=1S/C9H11FN2O4S/c10-6-4(3-13)16-8(7(6)14)12-2-1-5(17)11-9(12)15/h1-2,4,6-8,13-14H,3H2,(H,11,15,17)/t4-,6+,7+,8-/m1/s1. The van der Waals surface area contributed by atoms with Crippen LogP contribution in [-0.2, 0) is 4.74 Å². The molecule has 1 aromatic heterocycles. The topological polar surface area (TPSA) is 87.5 Å². The van der Waals surface area contributed by atoms with Crippen LogP contribution < -0.4 is 5.69 Å². The minimum Gasteiger partial charge on any atom is -0.394 e. The van der Waals surface area contributed by atoms with Gasteiger partial charge in [0.1, 0.15) is 16.8 Å². The quantitative estimate of drug-likeness (QED) is 0.625. The maximum Gasteiger partial charge on any atom is 0.328 e. The Kier molecular flexibility index (Phi) is 3.38. The van der Waals surface area contributed by atoms with Crippen LogP contribution in [0.1, 0.15) is 6.23 Å². The predicted molar refractivity (Wildman–Crippen MR) is 57.8 cm³/mol. The SMILES string of the molecule is O=c1[nH]c(=S)ccn1[C@@H]1O[C@H](CO)[C@H](F)[C@@H]1O. The lowest BCUT2D eigenvalue weighted by molar-refractivity contribution is -0.0537. The van der Waals surface area contributed by atoms with Crippen molar-refractivity contribution < 1.29 is 19.3 Å². The second-order valence-corrected chi connectivity index (χ2v) is 4.14. The fourth-order valence-corrected chi connectivity index (χ4v) is 1.86. The molecule has 0 radical (unpaired) electrons. The molecule has 1 aliphatic rings. The maximum absolute atomic E-state index is 13.4. The molecular weight excluding hydrogens is 251 g/mol. The van der Waals surface area contributed by atoms with Gasteiger partial charge in [-0.3, -0.25) is 9.55 Å². The van der Waals surface area contributed by atoms with E-state index in [9.17, 15) is 14.3 Å². The van der Waals surface area contributed by atoms with Gasteiger partial charge in [0.15, 0.2) is 12.4 Å². The lowest BCUT2D eigenvalue weighted by atomic mass is 10.1. The zero-order valence-corrected chi connectivity index (χ0v) is 9.43. The molecule has 0 aliphatic carbocycles. The molecule has 0 spiro atoms. The Bertz CT molecular complexity index is 516. The van der Waals surface area contributed by atoms with Gasteiger partial charge in [-0.25, -0.2) is 9.18 Å². The number of alkyl halides is 1. The van der Waals surface area contributed by atoms with Gasteiger partial charge in [0.2, 0.25) is 0 Å². The van der Waals surface area contributed by atoms with Crippen LogP contribution in [0, 0.1) is 4.64 Å². The van der Waals surface area contributed by atoms with Crippen LogP contribution in [0.25, 0.3) is 0 Å². The van der Waals surface area contributed by atoms with Crippen LogP contribution in [0.5, 0.6) is 0 Å². The number of aliphatic hydroxyl groups excluding tert-OH is 2. The average molecular weight is 262 g/mol. The molecule has 17 heavy (non-hydrogen) atoms. The number of aliphatic hydroxyl groups is 2. The smallest absolute Gasteiger partial charge is 0.328 e. The summed E-state index contributed by atoms with van der Waals surface area (Å²) in [5, 5.41) is 18.4. The molecule has 0 amide bonds. The number of aromatic amines is 1. The molecule has 0 saturated carbocycles. The summed E-state index contributed by atoms with van der Waals surface area (Å²) in [6.45, 7) is -0.563. The highest BCUT2D eigenvalue weighted by Gasteiger charge is 2.45. The van der Waals surface area contributed by atoms with Crippen molar-refractivity contribution in [3.05, 3.63) is 27.4 Å². The van der Waals surface area contributed by atoms with E-state index in [-0.39, 0.29) is 4.64 Å². The van der Waals surface area contributed by atoms with E-state index >= 15 is 0 Å². The highest BCUT2D eigenvalue weighted by atomic mass is 32.1. The van der Waals surface area contributed by atoms with Crippen LogP contribution in [0.2, 0.25) is 0 Å². The number of aromatic nitrogens is 2. The molecule has 1 saturated heterocycles. The third-order valence-corrected chi connectivity index (χ3v) is 2.83. The molecule has 2 rings (SSSR count). The number of hydrogen-bond acceptors (Lipinski definition) is 5. The van der Waals surface area contributed by atoms with Crippen molar-refractivity contribution in [3.63, 3.8) is 0 Å². The van der Waals surface area contributed by atoms with Crippen molar-refractivity contribution in [1.29, 1.82) is 0 Å². The van der Waals surface area contributed by atoms with Crippen molar-refractivity contribution >= 4 is 12.2 Å². The number of hydrogen-bond donors (Lipinski definition) is 3. The lowest BCUT2D eigenvalue weighted by Gasteiger charge is -2.16. The first-order chi connectivity index (χ1) is 8.04. The fraction of sp³-hybridized carbons (Fsp3) is 0.556. The highest BCUT2D eigenvalue weighted by Crippen LogP contribution is 2.29. The summed E-state index contributed by atoms with van der Waals surface area (Å²) in [6, 6.07) is 1.42. The van der Waals surface area contributed by atoms with Gasteiger partial charge in [0.25, 0.3) is 0 Å². The molecule has 1 fully saturated rings. The zero-order valence-electron chi connectivity index (χ0n) is 8.62. The van der Waals surface area contributed by atoms with Gasteiger partial charge in [-0.1, -0.05) is 12.2 Å². The number of rotatable bonds is 2. The van der Waals surface area contributed by atoms with Crippen LogP contribution in [0.15, 0.2) is 17.1 Å². The van der Waals surface area contributed by atoms with E-state index in [1.807, 2.05) is 0 Å². The van der Waals surface area contributed by atoms with Crippen LogP contribution in [0.4, 0.5) is 4.39 Å². The second kappa shape index (κ2) is 4.65. The minimum atomic E-state index is -1.74. The molecule has 6 nitrogen and oxygen atoms in total. The van der Waals surface area contributed by atoms with E-state index < -0.39 is 36.9 Å². The Morgan fingerprint density at radius 3 is 2.88 bits per heavy atom. The van der Waals surface area contributed by atoms with Gasteiger partial charge in [-0.15, -0.1) is 0 Å². The Labute approximate surface area is 100 Å². The van der Waals surface area contributed by atoms with E-state index in [0.717, 1.165) is 4.57 Å². The first kappa shape index (κ1) is 12.4. The van der Waals surface area contributed by atoms with Gasteiger partial charge in [0, 0.05) is 6.20 Å². The molecule has 1 aromatic rings. The molecular formula is C9H11FN2O4S. The van der Waals surface area contributed by atoms with Gasteiger partial charge >= 0.3 is 5.69 Å². The Morgan fingerprint density at radius 1 is 1.65 bits per heavy atom. The van der Waals surface area contributed by atoms with Crippen LogP contribution in [-0.4, -0.2) is 44.8 Å². The van der Waals surface area contributed by atoms with Crippen LogP contribution in [0.3, 0.4) is 0 Å². The van der Waals surface area contributed by atoms with Crippen LogP contribution >= 0.6 is 12.2 Å². The van der Waals surface area contributed by atoms with Gasteiger partial charge in [-0.05, 0) is 6.07 Å². The summed E-state index contributed by atoms with van der Waals surface area (Å²) >= 11 is 4.75. The fourth-order valence-electron chi connectivity index (χ4n) is 1.71. The van der Waals surface area contributed by atoms with Gasteiger partial charge in [0.05, 0.1) is 6.61 Å². The lowest BCUT2D eigenvalue weighted by Crippen LogP contribution is -2.34. The number of ether oxygens (including phenoxy) is 1. The highest BCUT2D eigenvalue weighted by molar-refractivity contribution is 7.71. The summed E-state index contributed by atoms with van der Waals surface area (Å²) in [7, 11) is 0. The first-order valence-electron chi connectivity index (χ1n) is 4.94. The Morgan fingerprint density at radius 2 is 2.35 bits per heavy atom. The van der Waals surface area contributed by atoms with E-state index in [0.29, 0.717) is 0 Å². The third-order valence-electron chi connectivity index (χ3n) is 2.59. The third kappa shape index (κ3) is 2.16. The van der Waals surface area contributed by atoms with Gasteiger partial charge < -0.3 is 14.9 Å².